The van der Waals surface area contributed by atoms with Crippen LogP contribution in [0.1, 0.15) is 47.6 Å². The molecule has 1 aliphatic rings. The van der Waals surface area contributed by atoms with Gasteiger partial charge in [-0.3, -0.25) is 0 Å². The average Bonchev–Trinajstić information content (AvgIpc) is 2.69. The smallest absolute Gasteiger partial charge is 0.127 e. The van der Waals surface area contributed by atoms with Gasteiger partial charge in [0.25, 0.3) is 0 Å². The van der Waals surface area contributed by atoms with E-state index in [0.29, 0.717) is 16.6 Å². The zero-order valence-corrected chi connectivity index (χ0v) is 21.2. The molecular weight excluding hydrogens is 432 g/mol. The number of benzene rings is 2. The molecule has 1 unspecified atom stereocenters. The van der Waals surface area contributed by atoms with E-state index in [2.05, 4.69) is 26.4 Å². The number of phenols is 1. The molecule has 0 amide bonds. The van der Waals surface area contributed by atoms with Gasteiger partial charge in [-0.25, -0.2) is 8.42 Å². The molecule has 1 N–H and O–H groups in total. The SMILES string of the molecule is Cc1c(C)c2c(c(C)c1O)CCC(C)(CC[S+](C)C)O2.Cc1ccc(S(=O)(=O)[O-])cc1. The van der Waals surface area contributed by atoms with Gasteiger partial charge in [-0.05, 0) is 87.2 Å². The molecule has 0 aliphatic carbocycles. The summed E-state index contributed by atoms with van der Waals surface area (Å²) in [4.78, 5) is -0.178. The first-order valence-corrected chi connectivity index (χ1v) is 13.9. The first kappa shape index (κ1) is 25.6. The summed E-state index contributed by atoms with van der Waals surface area (Å²) in [5.41, 5.74) is 5.13. The Bertz CT molecular complexity index is 1030. The lowest BCUT2D eigenvalue weighted by Gasteiger charge is -2.37. The Balaban J connectivity index is 0.000000262. The maximum absolute atomic E-state index is 10.4. The van der Waals surface area contributed by atoms with Crippen LogP contribution in [0.25, 0.3) is 0 Å². The van der Waals surface area contributed by atoms with Gasteiger partial charge in [0.2, 0.25) is 0 Å². The van der Waals surface area contributed by atoms with E-state index in [-0.39, 0.29) is 10.5 Å². The minimum absolute atomic E-state index is 0.0507. The molecule has 0 radical (unpaired) electrons. The normalized spacial score (nSPS) is 18.1. The number of ether oxygens (including phenoxy) is 1. The van der Waals surface area contributed by atoms with E-state index >= 15 is 0 Å². The van der Waals surface area contributed by atoms with Gasteiger partial charge in [0.15, 0.2) is 0 Å². The molecule has 1 atom stereocenters. The largest absolute Gasteiger partial charge is 0.744 e. The standard InChI is InChI=1S/C17H26O2S.C7H8O3S/c1-11-12(2)16-14(13(3)15(11)18)7-8-17(4,19-16)9-10-20(5)6;1-6-2-4-7(5-3-6)11(8,9)10/h7-10H2,1-6H3;2-5H,1H3,(H,8,9,10). The lowest BCUT2D eigenvalue weighted by Crippen LogP contribution is -2.38. The van der Waals surface area contributed by atoms with Gasteiger partial charge < -0.3 is 14.4 Å². The van der Waals surface area contributed by atoms with E-state index in [1.165, 1.54) is 23.4 Å². The number of rotatable bonds is 4. The predicted octanol–water partition coefficient (Wildman–Crippen LogP) is 4.57. The minimum Gasteiger partial charge on any atom is -0.744 e. The van der Waals surface area contributed by atoms with Crippen molar-refractivity contribution in [1.82, 2.24) is 0 Å². The molecule has 1 heterocycles. The highest BCUT2D eigenvalue weighted by atomic mass is 32.2. The molecule has 172 valence electrons. The van der Waals surface area contributed by atoms with Crippen LogP contribution in [-0.2, 0) is 27.4 Å². The van der Waals surface area contributed by atoms with Gasteiger partial charge >= 0.3 is 0 Å². The Morgan fingerprint density at radius 2 is 1.65 bits per heavy atom. The summed E-state index contributed by atoms with van der Waals surface area (Å²) < 4.78 is 37.6. The van der Waals surface area contributed by atoms with Crippen molar-refractivity contribution in [3.05, 3.63) is 52.1 Å². The van der Waals surface area contributed by atoms with Gasteiger partial charge in [0.05, 0.1) is 17.4 Å². The number of phenolic OH excluding ortho intramolecular Hbond substituents is 1. The number of aromatic hydroxyl groups is 1. The molecule has 0 spiro atoms. The second kappa shape index (κ2) is 9.84. The molecule has 7 heteroatoms. The van der Waals surface area contributed by atoms with Gasteiger partial charge in [0.1, 0.15) is 33.0 Å². The summed E-state index contributed by atoms with van der Waals surface area (Å²) in [7, 11) is -3.81. The third-order valence-electron chi connectivity index (χ3n) is 5.94. The number of hydrogen-bond acceptors (Lipinski definition) is 5. The van der Waals surface area contributed by atoms with E-state index in [1.54, 1.807) is 12.1 Å². The van der Waals surface area contributed by atoms with Gasteiger partial charge in [0, 0.05) is 12.0 Å². The lowest BCUT2D eigenvalue weighted by atomic mass is 9.86. The van der Waals surface area contributed by atoms with E-state index in [9.17, 15) is 18.1 Å². The van der Waals surface area contributed by atoms with Crippen LogP contribution in [0.4, 0.5) is 0 Å². The van der Waals surface area contributed by atoms with Crippen molar-refractivity contribution in [2.24, 2.45) is 0 Å². The second-order valence-corrected chi connectivity index (χ2v) is 12.5. The zero-order valence-electron chi connectivity index (χ0n) is 19.5. The summed E-state index contributed by atoms with van der Waals surface area (Å²) in [5, 5.41) is 10.2. The molecule has 0 saturated heterocycles. The van der Waals surface area contributed by atoms with Crippen molar-refractivity contribution < 1.29 is 22.8 Å². The Kier molecular flexibility index (Phi) is 8.11. The Morgan fingerprint density at radius 1 is 1.06 bits per heavy atom. The lowest BCUT2D eigenvalue weighted by molar-refractivity contribution is 0.0609. The maximum atomic E-state index is 10.4. The van der Waals surface area contributed by atoms with Crippen molar-refractivity contribution in [2.75, 3.05) is 18.3 Å². The van der Waals surface area contributed by atoms with Gasteiger partial charge in [-0.15, -0.1) is 0 Å². The fraction of sp³-hybridized carbons (Fsp3) is 0.500. The number of fused-ring (bicyclic) bond motifs is 1. The highest BCUT2D eigenvalue weighted by Gasteiger charge is 2.35. The molecule has 0 bridgehead atoms. The van der Waals surface area contributed by atoms with E-state index in [1.807, 2.05) is 20.8 Å². The summed E-state index contributed by atoms with van der Waals surface area (Å²) in [6.45, 7) is 10.1. The summed E-state index contributed by atoms with van der Waals surface area (Å²) in [6, 6.07) is 5.78. The van der Waals surface area contributed by atoms with Crippen LogP contribution in [0, 0.1) is 27.7 Å². The van der Waals surface area contributed by atoms with Crippen LogP contribution >= 0.6 is 0 Å². The van der Waals surface area contributed by atoms with Crippen molar-refractivity contribution in [1.29, 1.82) is 0 Å². The molecule has 0 saturated carbocycles. The van der Waals surface area contributed by atoms with E-state index in [0.717, 1.165) is 47.3 Å². The minimum atomic E-state index is -4.27. The third kappa shape index (κ3) is 6.40. The molecule has 1 aliphatic heterocycles. The Labute approximate surface area is 189 Å². The molecule has 0 aromatic heterocycles. The molecule has 31 heavy (non-hydrogen) atoms. The Hall–Kier alpha value is -1.70. The van der Waals surface area contributed by atoms with Crippen molar-refractivity contribution >= 4 is 21.0 Å². The van der Waals surface area contributed by atoms with E-state index in [4.69, 9.17) is 4.74 Å². The molecule has 5 nitrogen and oxygen atoms in total. The monoisotopic (exact) mass is 466 g/mol. The van der Waals surface area contributed by atoms with Crippen LogP contribution in [0.5, 0.6) is 11.5 Å². The average molecular weight is 467 g/mol. The van der Waals surface area contributed by atoms with Crippen LogP contribution < -0.4 is 4.74 Å². The molecule has 0 fully saturated rings. The van der Waals surface area contributed by atoms with Gasteiger partial charge in [-0.2, -0.15) is 0 Å². The van der Waals surface area contributed by atoms with Crippen LogP contribution in [-0.4, -0.2) is 41.9 Å². The first-order chi connectivity index (χ1) is 14.2. The zero-order chi connectivity index (χ0) is 23.6. The third-order valence-corrected chi connectivity index (χ3v) is 7.81. The topological polar surface area (TPSA) is 86.7 Å². The van der Waals surface area contributed by atoms with Crippen LogP contribution in [0.15, 0.2) is 29.2 Å². The first-order valence-electron chi connectivity index (χ1n) is 10.3. The van der Waals surface area contributed by atoms with Crippen molar-refractivity contribution in [3.8, 4) is 11.5 Å². The highest BCUT2D eigenvalue weighted by molar-refractivity contribution is 7.95. The number of hydrogen-bond donors (Lipinski definition) is 1. The second-order valence-electron chi connectivity index (χ2n) is 8.79. The van der Waals surface area contributed by atoms with Gasteiger partial charge in [-0.1, -0.05) is 17.7 Å². The van der Waals surface area contributed by atoms with Crippen molar-refractivity contribution in [2.45, 2.75) is 64.4 Å². The fourth-order valence-corrected chi connectivity index (χ4v) is 4.91. The maximum Gasteiger partial charge on any atom is 0.127 e. The molecular formula is C24H34O5S2. The quantitative estimate of drug-likeness (QED) is 0.527. The summed E-state index contributed by atoms with van der Waals surface area (Å²) in [6.07, 6.45) is 7.74. The molecule has 3 rings (SSSR count). The fourth-order valence-electron chi connectivity index (χ4n) is 3.60. The van der Waals surface area contributed by atoms with Crippen molar-refractivity contribution in [3.63, 3.8) is 0 Å². The molecule has 2 aromatic carbocycles. The summed E-state index contributed by atoms with van der Waals surface area (Å²) >= 11 is 0. The Morgan fingerprint density at radius 3 is 2.16 bits per heavy atom. The van der Waals surface area contributed by atoms with Crippen LogP contribution in [0.2, 0.25) is 0 Å². The highest BCUT2D eigenvalue weighted by Crippen LogP contribution is 2.44. The van der Waals surface area contributed by atoms with Crippen LogP contribution in [0.3, 0.4) is 0 Å². The van der Waals surface area contributed by atoms with E-state index < -0.39 is 10.1 Å². The predicted molar refractivity (Wildman–Crippen MR) is 128 cm³/mol. The molecule has 2 aromatic rings. The number of aryl methyl sites for hydroxylation is 1. The summed E-state index contributed by atoms with van der Waals surface area (Å²) in [5.74, 6) is 2.69.